The summed E-state index contributed by atoms with van der Waals surface area (Å²) in [5.41, 5.74) is 0. The molecule has 0 bridgehead atoms. The largest absolute Gasteiger partial charge is 0.462 e. The highest BCUT2D eigenvalue weighted by Crippen LogP contribution is 2.16. The van der Waals surface area contributed by atoms with Crippen molar-refractivity contribution >= 4 is 11.9 Å². The maximum atomic E-state index is 13.2. The molecule has 348 valence electrons. The summed E-state index contributed by atoms with van der Waals surface area (Å²) in [4.78, 5) is 26.1. The average molecular weight is 848 g/mol. The topological polar surface area (TPSA) is 95.9 Å². The number of amides is 1. The number of carbonyl (C=O) groups excluding carboxylic acids is 2. The van der Waals surface area contributed by atoms with E-state index in [1.165, 1.54) is 89.9 Å². The molecule has 0 spiro atoms. The van der Waals surface area contributed by atoms with Crippen LogP contribution in [-0.4, -0.2) is 46.9 Å². The van der Waals surface area contributed by atoms with E-state index in [-0.39, 0.29) is 24.9 Å². The number of ether oxygens (including phenoxy) is 1. The molecule has 0 radical (unpaired) electrons. The number of unbranched alkanes of at least 4 members (excludes halogenated alkanes) is 19. The lowest BCUT2D eigenvalue weighted by Crippen LogP contribution is -2.46. The van der Waals surface area contributed by atoms with Crippen molar-refractivity contribution in [2.24, 2.45) is 0 Å². The minimum atomic E-state index is -0.813. The Labute approximate surface area is 376 Å². The summed E-state index contributed by atoms with van der Waals surface area (Å²) >= 11 is 0. The quantitative estimate of drug-likeness (QED) is 0.0246. The number of aliphatic hydroxyl groups is 2. The Kier molecular flexibility index (Phi) is 45.3. The number of aliphatic hydroxyl groups excluding tert-OH is 2. The van der Waals surface area contributed by atoms with Gasteiger partial charge in [-0.1, -0.05) is 221 Å². The molecule has 0 saturated heterocycles. The third kappa shape index (κ3) is 43.2. The van der Waals surface area contributed by atoms with Crippen LogP contribution >= 0.6 is 0 Å². The first kappa shape index (κ1) is 57.8. The van der Waals surface area contributed by atoms with Crippen LogP contribution in [0.1, 0.15) is 213 Å². The Hall–Kier alpha value is -3.22. The van der Waals surface area contributed by atoms with Crippen molar-refractivity contribution in [3.63, 3.8) is 0 Å². The minimum absolute atomic E-state index is 0.0177. The van der Waals surface area contributed by atoms with Gasteiger partial charge < -0.3 is 20.3 Å². The first-order valence-corrected chi connectivity index (χ1v) is 25.0. The number of hydrogen-bond donors (Lipinski definition) is 3. The Morgan fingerprint density at radius 3 is 1.54 bits per heavy atom. The third-order valence-corrected chi connectivity index (χ3v) is 10.8. The lowest BCUT2D eigenvalue weighted by molar-refractivity contribution is -0.151. The highest BCUT2D eigenvalue weighted by Gasteiger charge is 2.24. The molecule has 6 nitrogen and oxygen atoms in total. The SMILES string of the molecule is CC/C=C/C=C/C=C\C=C/C=C/CCCC(CC(=O)NC(CO)C(O)CCCCCCCCCCCC)OC(=O)CCCCCCCC/C=C\C/C=C\C/C=C\CCCCC. The summed E-state index contributed by atoms with van der Waals surface area (Å²) in [6.45, 7) is 6.26. The molecule has 0 saturated carbocycles. The maximum Gasteiger partial charge on any atom is 0.306 e. The zero-order valence-corrected chi connectivity index (χ0v) is 39.5. The molecule has 3 atom stereocenters. The second-order valence-corrected chi connectivity index (χ2v) is 16.6. The van der Waals surface area contributed by atoms with E-state index in [4.69, 9.17) is 4.74 Å². The molecule has 1 amide bonds. The summed E-state index contributed by atoms with van der Waals surface area (Å²) in [5.74, 6) is -0.570. The van der Waals surface area contributed by atoms with Crippen molar-refractivity contribution in [2.45, 2.75) is 232 Å². The van der Waals surface area contributed by atoms with Crippen molar-refractivity contribution in [2.75, 3.05) is 6.61 Å². The van der Waals surface area contributed by atoms with Gasteiger partial charge in [0.15, 0.2) is 0 Å². The lowest BCUT2D eigenvalue weighted by Gasteiger charge is -2.24. The van der Waals surface area contributed by atoms with Gasteiger partial charge in [0.1, 0.15) is 6.10 Å². The first-order chi connectivity index (χ1) is 30.0. The molecule has 0 aliphatic heterocycles. The van der Waals surface area contributed by atoms with Crippen molar-refractivity contribution in [1.29, 1.82) is 0 Å². The molecule has 0 aliphatic carbocycles. The first-order valence-electron chi connectivity index (χ1n) is 25.0. The van der Waals surface area contributed by atoms with Crippen molar-refractivity contribution < 1.29 is 24.5 Å². The van der Waals surface area contributed by atoms with Gasteiger partial charge in [-0.3, -0.25) is 9.59 Å². The number of allylic oxidation sites excluding steroid dienone is 16. The van der Waals surface area contributed by atoms with Crippen molar-refractivity contribution in [3.8, 4) is 0 Å². The predicted octanol–water partition coefficient (Wildman–Crippen LogP) is 14.9. The fourth-order valence-corrected chi connectivity index (χ4v) is 6.99. The number of hydrogen-bond acceptors (Lipinski definition) is 5. The summed E-state index contributed by atoms with van der Waals surface area (Å²) in [7, 11) is 0. The molecule has 6 heteroatoms. The van der Waals surface area contributed by atoms with Gasteiger partial charge in [-0.2, -0.15) is 0 Å². The highest BCUT2D eigenvalue weighted by atomic mass is 16.5. The van der Waals surface area contributed by atoms with Gasteiger partial charge in [0, 0.05) is 6.42 Å². The second-order valence-electron chi connectivity index (χ2n) is 16.6. The van der Waals surface area contributed by atoms with Gasteiger partial charge in [0.2, 0.25) is 5.91 Å². The van der Waals surface area contributed by atoms with Crippen LogP contribution in [0, 0.1) is 0 Å². The summed E-state index contributed by atoms with van der Waals surface area (Å²) in [5, 5.41) is 23.6. The van der Waals surface area contributed by atoms with Gasteiger partial charge in [-0.05, 0) is 77.0 Å². The Morgan fingerprint density at radius 2 is 0.967 bits per heavy atom. The predicted molar refractivity (Wildman–Crippen MR) is 264 cm³/mol. The van der Waals surface area contributed by atoms with Crippen LogP contribution in [-0.2, 0) is 14.3 Å². The Balaban J connectivity index is 4.69. The van der Waals surface area contributed by atoms with Crippen LogP contribution in [0.2, 0.25) is 0 Å². The highest BCUT2D eigenvalue weighted by molar-refractivity contribution is 5.77. The van der Waals surface area contributed by atoms with E-state index < -0.39 is 18.2 Å². The summed E-state index contributed by atoms with van der Waals surface area (Å²) in [6, 6.07) is -0.731. The number of nitrogens with one attached hydrogen (secondary N) is 1. The van der Waals surface area contributed by atoms with Gasteiger partial charge in [0.25, 0.3) is 0 Å². The van der Waals surface area contributed by atoms with Gasteiger partial charge in [0.05, 0.1) is 25.2 Å². The van der Waals surface area contributed by atoms with Crippen LogP contribution in [0.3, 0.4) is 0 Å². The molecule has 0 aliphatic rings. The van der Waals surface area contributed by atoms with Crippen LogP contribution < -0.4 is 5.32 Å². The standard InChI is InChI=1S/C55H93NO5/c1-4-7-10-13-16-19-22-24-25-26-27-28-29-31-33-36-39-42-45-48-55(60)61-51(46-43-40-37-34-32-30-23-20-17-14-11-8-5-2)49-54(59)56-52(50-57)53(58)47-44-41-38-35-21-18-15-12-9-6-3/h8,11,14,16-17,19-20,23-25,27-28,30,32,34,37,51-53,57-58H,4-7,9-10,12-13,15,18,21-22,26,29,31,33,35-36,38-50H2,1-3H3,(H,56,59)/b11-8+,17-14+,19-16-,23-20-,25-24-,28-27-,32-30-,37-34+. The number of esters is 1. The molecule has 0 fully saturated rings. The molecular formula is C55H93NO5. The fourth-order valence-electron chi connectivity index (χ4n) is 6.99. The monoisotopic (exact) mass is 848 g/mol. The molecule has 3 unspecified atom stereocenters. The van der Waals surface area contributed by atoms with E-state index in [0.29, 0.717) is 19.3 Å². The zero-order valence-electron chi connectivity index (χ0n) is 39.5. The van der Waals surface area contributed by atoms with Crippen molar-refractivity contribution in [1.82, 2.24) is 5.32 Å². The smallest absolute Gasteiger partial charge is 0.306 e. The fraction of sp³-hybridized carbons (Fsp3) is 0.673. The summed E-state index contributed by atoms with van der Waals surface area (Å²) < 4.78 is 5.88. The minimum Gasteiger partial charge on any atom is -0.462 e. The zero-order chi connectivity index (χ0) is 44.5. The molecule has 3 N–H and O–H groups in total. The van der Waals surface area contributed by atoms with E-state index in [1.807, 2.05) is 48.6 Å². The normalized spacial score (nSPS) is 14.1. The van der Waals surface area contributed by atoms with Gasteiger partial charge in [-0.25, -0.2) is 0 Å². The van der Waals surface area contributed by atoms with E-state index in [0.717, 1.165) is 77.0 Å². The molecular weight excluding hydrogens is 755 g/mol. The Morgan fingerprint density at radius 1 is 0.508 bits per heavy atom. The van der Waals surface area contributed by atoms with E-state index in [9.17, 15) is 19.8 Å². The molecule has 0 aromatic carbocycles. The molecule has 61 heavy (non-hydrogen) atoms. The van der Waals surface area contributed by atoms with E-state index in [1.54, 1.807) is 0 Å². The van der Waals surface area contributed by atoms with Crippen LogP contribution in [0.4, 0.5) is 0 Å². The lowest BCUT2D eigenvalue weighted by atomic mass is 10.0. The molecule has 0 aromatic heterocycles. The third-order valence-electron chi connectivity index (χ3n) is 10.8. The second kappa shape index (κ2) is 47.8. The Bertz CT molecular complexity index is 1220. The molecule has 0 aromatic rings. The van der Waals surface area contributed by atoms with Crippen LogP contribution in [0.15, 0.2) is 97.2 Å². The van der Waals surface area contributed by atoms with E-state index >= 15 is 0 Å². The van der Waals surface area contributed by atoms with E-state index in [2.05, 4.69) is 74.7 Å². The number of carbonyl (C=O) groups is 2. The van der Waals surface area contributed by atoms with Crippen LogP contribution in [0.5, 0.6) is 0 Å². The summed E-state index contributed by atoms with van der Waals surface area (Å²) in [6.07, 6.45) is 63.3. The van der Waals surface area contributed by atoms with Gasteiger partial charge in [-0.15, -0.1) is 0 Å². The number of rotatable bonds is 43. The molecule has 0 rings (SSSR count). The average Bonchev–Trinajstić information content (AvgIpc) is 3.25. The van der Waals surface area contributed by atoms with Gasteiger partial charge >= 0.3 is 5.97 Å². The van der Waals surface area contributed by atoms with Crippen molar-refractivity contribution in [3.05, 3.63) is 97.2 Å². The molecule has 0 heterocycles. The maximum absolute atomic E-state index is 13.2. The van der Waals surface area contributed by atoms with Crippen LogP contribution in [0.25, 0.3) is 0 Å².